The lowest BCUT2D eigenvalue weighted by Crippen LogP contribution is -2.11. The normalized spacial score (nSPS) is 5.33. The Hall–Kier alpha value is -1.10. The molecule has 0 aromatic heterocycles. The van der Waals surface area contributed by atoms with Crippen LogP contribution in [-0.2, 0) is 0 Å². The third-order valence-corrected chi connectivity index (χ3v) is 0.202. The Balaban J connectivity index is 3.60. The van der Waals surface area contributed by atoms with Gasteiger partial charge >= 0.3 is 0 Å². The average Bonchev–Trinajstić information content (AvgIpc) is 1.35. The molecule has 0 atom stereocenters. The van der Waals surface area contributed by atoms with E-state index in [1.807, 2.05) is 11.8 Å². The van der Waals surface area contributed by atoms with Crippen LogP contribution in [0.25, 0.3) is 0 Å². The third kappa shape index (κ3) is 2.90. The zero-order chi connectivity index (χ0) is 4.99. The summed E-state index contributed by atoms with van der Waals surface area (Å²) in [5, 5.41) is 15.6. The van der Waals surface area contributed by atoms with E-state index in [4.69, 9.17) is 5.41 Å². The van der Waals surface area contributed by atoms with Crippen LogP contribution in [0.4, 0.5) is 0 Å². The molecular weight excluding hydrogens is 78.0 g/mol. The van der Waals surface area contributed by atoms with E-state index < -0.39 is 5.90 Å². The van der Waals surface area contributed by atoms with Crippen molar-refractivity contribution in [3.8, 4) is 0 Å². The molecule has 1 N–H and O–H groups in total. The van der Waals surface area contributed by atoms with E-state index in [0.717, 1.165) is 0 Å². The van der Waals surface area contributed by atoms with Crippen molar-refractivity contribution in [2.24, 2.45) is 0 Å². The molecule has 0 bridgehead atoms. The Morgan fingerprint density at radius 1 is 2.00 bits per heavy atom. The van der Waals surface area contributed by atoms with E-state index >= 15 is 0 Å². The zero-order valence-corrected chi connectivity index (χ0v) is 3.12. The van der Waals surface area contributed by atoms with E-state index in [9.17, 15) is 5.11 Å². The molecule has 0 rings (SSSR count). The minimum Gasteiger partial charge on any atom is -0.835 e. The summed E-state index contributed by atoms with van der Waals surface area (Å²) in [7, 11) is 0. The van der Waals surface area contributed by atoms with E-state index in [1.165, 1.54) is 0 Å². The predicted molar refractivity (Wildman–Crippen MR) is 20.1 cm³/mol. The van der Waals surface area contributed by atoms with Crippen molar-refractivity contribution in [2.45, 2.75) is 0 Å². The summed E-state index contributed by atoms with van der Waals surface area (Å²) in [5.41, 5.74) is 2.03. The van der Waals surface area contributed by atoms with Crippen LogP contribution < -0.4 is 5.11 Å². The van der Waals surface area contributed by atoms with Gasteiger partial charge in [-0.1, -0.05) is 0 Å². The van der Waals surface area contributed by atoms with Crippen LogP contribution in [0.2, 0.25) is 0 Å². The second-order valence-electron chi connectivity index (χ2n) is 0.631. The van der Waals surface area contributed by atoms with E-state index in [-0.39, 0.29) is 0 Å². The fraction of sp³-hybridized carbons (Fsp3) is 0. The first-order valence-electron chi connectivity index (χ1n) is 1.31. The molecule has 0 amide bonds. The van der Waals surface area contributed by atoms with Crippen molar-refractivity contribution >= 4 is 5.90 Å². The molecule has 0 saturated heterocycles. The van der Waals surface area contributed by atoms with Crippen LogP contribution in [0.5, 0.6) is 0 Å². The van der Waals surface area contributed by atoms with Gasteiger partial charge in [0.25, 0.3) is 0 Å². The summed E-state index contributed by atoms with van der Waals surface area (Å²) in [6, 6.07) is 0. The number of rotatable bonds is 1. The maximum Gasteiger partial charge on any atom is 0.164 e. The van der Waals surface area contributed by atoms with Crippen molar-refractivity contribution in [1.29, 1.82) is 5.41 Å². The van der Waals surface area contributed by atoms with Crippen molar-refractivity contribution < 1.29 is 5.11 Å². The number of hydrogen-bond acceptors (Lipinski definition) is 2. The molecule has 0 aliphatic carbocycles. The summed E-state index contributed by atoms with van der Waals surface area (Å²) in [4.78, 5) is 0. The Morgan fingerprint density at radius 3 is 2.50 bits per heavy atom. The Morgan fingerprint density at radius 2 is 2.50 bits per heavy atom. The summed E-state index contributed by atoms with van der Waals surface area (Å²) in [6.45, 7) is 3.02. The lowest BCUT2D eigenvalue weighted by molar-refractivity contribution is -0.214. The molecule has 6 heavy (non-hydrogen) atoms. The lowest BCUT2D eigenvalue weighted by atomic mass is 10.6. The first-order chi connectivity index (χ1) is 2.77. The second-order valence-corrected chi connectivity index (χ2v) is 0.631. The van der Waals surface area contributed by atoms with Gasteiger partial charge in [-0.2, -0.15) is 0 Å². The monoisotopic (exact) mass is 81.0 g/mol. The van der Waals surface area contributed by atoms with Gasteiger partial charge in [0.15, 0.2) is 6.08 Å². The van der Waals surface area contributed by atoms with Crippen LogP contribution in [0, 0.1) is 11.5 Å². The van der Waals surface area contributed by atoms with Gasteiger partial charge in [0.2, 0.25) is 0 Å². The van der Waals surface area contributed by atoms with Gasteiger partial charge in [-0.05, 0) is 0 Å². The smallest absolute Gasteiger partial charge is 0.164 e. The van der Waals surface area contributed by atoms with Crippen molar-refractivity contribution in [2.75, 3.05) is 0 Å². The molecule has 0 fully saturated rings. The highest BCUT2D eigenvalue weighted by Gasteiger charge is 1.69. The van der Waals surface area contributed by atoms with Crippen molar-refractivity contribution in [3.63, 3.8) is 0 Å². The first kappa shape index (κ1) is 4.90. The van der Waals surface area contributed by atoms with Crippen LogP contribution in [-0.4, -0.2) is 5.90 Å². The molecule has 0 aromatic rings. The van der Waals surface area contributed by atoms with Gasteiger partial charge in [0.1, 0.15) is 11.6 Å². The molecule has 0 aliphatic rings. The molecule has 0 saturated carbocycles. The summed E-state index contributed by atoms with van der Waals surface area (Å²) < 4.78 is 0. The molecule has 2 nitrogen and oxygen atoms in total. The van der Waals surface area contributed by atoms with Gasteiger partial charge in [0, 0.05) is 0 Å². The Bertz CT molecular complexity index is 100. The lowest BCUT2D eigenvalue weighted by Gasteiger charge is -1.81. The van der Waals surface area contributed by atoms with Crippen LogP contribution in [0.15, 0.2) is 12.3 Å². The molecule has 2 heteroatoms. The molecule has 0 heterocycles. The van der Waals surface area contributed by atoms with Gasteiger partial charge in [-0.15, -0.1) is 0 Å². The van der Waals surface area contributed by atoms with Crippen LogP contribution in [0.1, 0.15) is 0 Å². The Labute approximate surface area is 35.9 Å². The predicted octanol–water partition coefficient (Wildman–Crippen LogP) is -0.532. The third-order valence-electron chi connectivity index (χ3n) is 0.202. The summed E-state index contributed by atoms with van der Waals surface area (Å²) in [6.07, 6.45) is 1.88. The van der Waals surface area contributed by atoms with Crippen LogP contribution >= 0.6 is 0 Å². The summed E-state index contributed by atoms with van der Waals surface area (Å²) in [5.74, 6) is -0.884. The highest BCUT2D eigenvalue weighted by atomic mass is 16.3. The fourth-order valence-electron chi connectivity index (χ4n) is 0.0803. The van der Waals surface area contributed by atoms with E-state index in [1.54, 1.807) is 0 Å². The molecule has 0 radical (unpaired) electrons. The topological polar surface area (TPSA) is 46.9 Å². The number of nitrogens with one attached hydrogen (secondary N) is 1. The highest BCUT2D eigenvalue weighted by Crippen LogP contribution is 1.52. The maximum atomic E-state index is 9.50. The van der Waals surface area contributed by atoms with Crippen molar-refractivity contribution in [3.05, 3.63) is 18.4 Å². The van der Waals surface area contributed by atoms with Gasteiger partial charge in [-0.3, -0.25) is 5.41 Å². The van der Waals surface area contributed by atoms with E-state index in [0.29, 0.717) is 0 Å². The first-order valence-corrected chi connectivity index (χ1v) is 1.31. The van der Waals surface area contributed by atoms with Crippen LogP contribution in [0.3, 0.4) is 0 Å². The highest BCUT2D eigenvalue weighted by molar-refractivity contribution is 5.75. The van der Waals surface area contributed by atoms with Gasteiger partial charge in [0.05, 0.1) is 6.58 Å². The second kappa shape index (κ2) is 2.16. The average molecular weight is 81.1 g/mol. The molecule has 0 unspecified atom stereocenters. The van der Waals surface area contributed by atoms with Crippen molar-refractivity contribution in [1.82, 2.24) is 0 Å². The minimum atomic E-state index is -0.884. The van der Waals surface area contributed by atoms with Gasteiger partial charge < -0.3 is 5.11 Å². The zero-order valence-electron chi connectivity index (χ0n) is 3.12. The maximum absolute atomic E-state index is 9.50. The minimum absolute atomic E-state index is 0.884. The largest absolute Gasteiger partial charge is 0.835 e. The SMILES string of the molecule is C=C=[C+]C(=N)[O-]. The van der Waals surface area contributed by atoms with E-state index in [2.05, 4.69) is 6.58 Å². The fourth-order valence-corrected chi connectivity index (χ4v) is 0.0803. The number of hydrogen-bond donors (Lipinski definition) is 1. The standard InChI is InChI=1S/C4H3NO/c1-2-3-4(5)6/h1H2,(H-,5,6). The molecule has 0 spiro atoms. The summed E-state index contributed by atoms with van der Waals surface area (Å²) >= 11 is 0. The quantitative estimate of drug-likeness (QED) is 0.196. The molecule has 0 aromatic carbocycles. The molecular formula is C4H3NO. The molecule has 0 aliphatic heterocycles. The Kier molecular flexibility index (Phi) is 1.76. The molecule has 30 valence electrons. The van der Waals surface area contributed by atoms with Gasteiger partial charge in [-0.25, -0.2) is 0 Å².